The Morgan fingerprint density at radius 3 is 2.64 bits per heavy atom. The van der Waals surface area contributed by atoms with Crippen molar-refractivity contribution in [1.82, 2.24) is 0 Å². The summed E-state index contributed by atoms with van der Waals surface area (Å²) in [4.78, 5) is 16.5. The molecule has 0 N–H and O–H groups in total. The highest BCUT2D eigenvalue weighted by Gasteiger charge is 2.25. The fourth-order valence-corrected chi connectivity index (χ4v) is 3.66. The molecule has 0 bridgehead atoms. The molecule has 8 heteroatoms. The molecule has 1 heterocycles. The Hall–Kier alpha value is -3.16. The summed E-state index contributed by atoms with van der Waals surface area (Å²) < 4.78 is 31.3. The third kappa shape index (κ3) is 5.61. The molecule has 1 aliphatic rings. The summed E-state index contributed by atoms with van der Waals surface area (Å²) in [5.41, 5.74) is 1.99. The molecule has 0 fully saturated rings. The second-order valence-electron chi connectivity index (χ2n) is 7.02. The fourth-order valence-electron chi connectivity index (χ4n) is 3.12. The van der Waals surface area contributed by atoms with E-state index in [-0.39, 0.29) is 11.6 Å². The van der Waals surface area contributed by atoms with Crippen LogP contribution in [0.3, 0.4) is 0 Å². The van der Waals surface area contributed by atoms with E-state index in [0.29, 0.717) is 40.9 Å². The maximum Gasteiger partial charge on any atom is 0.363 e. The van der Waals surface area contributed by atoms with Crippen molar-refractivity contribution < 1.29 is 23.4 Å². The molecule has 33 heavy (non-hydrogen) atoms. The lowest BCUT2D eigenvalue weighted by Crippen LogP contribution is -2.05. The maximum atomic E-state index is 13.5. The van der Waals surface area contributed by atoms with Crippen LogP contribution in [-0.4, -0.2) is 18.5 Å². The summed E-state index contributed by atoms with van der Waals surface area (Å²) in [6, 6.07) is 16.8. The van der Waals surface area contributed by atoms with Crippen molar-refractivity contribution in [3.05, 3.63) is 98.4 Å². The summed E-state index contributed by atoms with van der Waals surface area (Å²) in [6.45, 7) is 2.55. The van der Waals surface area contributed by atoms with Crippen LogP contribution in [0.1, 0.15) is 23.6 Å². The maximum absolute atomic E-state index is 13.5. The van der Waals surface area contributed by atoms with Crippen molar-refractivity contribution >= 4 is 45.5 Å². The van der Waals surface area contributed by atoms with Crippen molar-refractivity contribution in [3.63, 3.8) is 0 Å². The van der Waals surface area contributed by atoms with Gasteiger partial charge in [-0.1, -0.05) is 45.7 Å². The van der Waals surface area contributed by atoms with Crippen LogP contribution in [-0.2, 0) is 16.1 Å². The molecule has 0 radical (unpaired) electrons. The molecular formula is C25H18BrClFNO4. The van der Waals surface area contributed by atoms with E-state index in [1.165, 1.54) is 24.3 Å². The number of esters is 1. The predicted octanol–water partition coefficient (Wildman–Crippen LogP) is 6.56. The number of carbonyl (C=O) groups excluding carboxylic acids is 1. The van der Waals surface area contributed by atoms with Gasteiger partial charge in [-0.3, -0.25) is 0 Å². The smallest absolute Gasteiger partial charge is 0.363 e. The van der Waals surface area contributed by atoms with E-state index in [2.05, 4.69) is 20.9 Å². The van der Waals surface area contributed by atoms with Crippen LogP contribution < -0.4 is 9.47 Å². The third-order valence-electron chi connectivity index (χ3n) is 4.62. The topological polar surface area (TPSA) is 57.1 Å². The number of carbonyl (C=O) groups is 1. The first-order chi connectivity index (χ1) is 15.9. The van der Waals surface area contributed by atoms with Gasteiger partial charge in [0.25, 0.3) is 0 Å². The highest BCUT2D eigenvalue weighted by Crippen LogP contribution is 2.38. The first kappa shape index (κ1) is 23.0. The third-order valence-corrected chi connectivity index (χ3v) is 5.43. The molecule has 5 nitrogen and oxygen atoms in total. The van der Waals surface area contributed by atoms with Crippen molar-refractivity contribution in [2.24, 2.45) is 4.99 Å². The fraction of sp³-hybridized carbons (Fsp3) is 0.120. The van der Waals surface area contributed by atoms with Crippen LogP contribution in [0.15, 0.2) is 75.8 Å². The average molecular weight is 531 g/mol. The van der Waals surface area contributed by atoms with E-state index in [1.54, 1.807) is 18.2 Å². The summed E-state index contributed by atoms with van der Waals surface area (Å²) in [5.74, 6) is -0.207. The van der Waals surface area contributed by atoms with E-state index in [0.717, 1.165) is 10.0 Å². The van der Waals surface area contributed by atoms with Gasteiger partial charge in [-0.15, -0.1) is 0 Å². The first-order valence-corrected chi connectivity index (χ1v) is 11.2. The van der Waals surface area contributed by atoms with Crippen LogP contribution in [0.4, 0.5) is 4.39 Å². The number of cyclic esters (lactones) is 1. The van der Waals surface area contributed by atoms with E-state index in [1.807, 2.05) is 31.2 Å². The van der Waals surface area contributed by atoms with Crippen LogP contribution >= 0.6 is 27.5 Å². The number of hydrogen-bond donors (Lipinski definition) is 0. The molecule has 0 aliphatic carbocycles. The Morgan fingerprint density at radius 2 is 1.91 bits per heavy atom. The zero-order valence-electron chi connectivity index (χ0n) is 17.5. The van der Waals surface area contributed by atoms with E-state index in [9.17, 15) is 9.18 Å². The molecule has 0 saturated carbocycles. The molecule has 168 valence electrons. The molecular weight excluding hydrogens is 513 g/mol. The van der Waals surface area contributed by atoms with Gasteiger partial charge < -0.3 is 14.2 Å². The first-order valence-electron chi connectivity index (χ1n) is 10.0. The minimum atomic E-state index is -0.640. The molecule has 0 unspecified atom stereocenters. The van der Waals surface area contributed by atoms with E-state index < -0.39 is 11.8 Å². The molecule has 0 spiro atoms. The zero-order valence-corrected chi connectivity index (χ0v) is 19.8. The summed E-state index contributed by atoms with van der Waals surface area (Å²) in [7, 11) is 0. The lowest BCUT2D eigenvalue weighted by atomic mass is 10.1. The van der Waals surface area contributed by atoms with Crippen molar-refractivity contribution in [1.29, 1.82) is 0 Å². The minimum Gasteiger partial charge on any atom is -0.490 e. The van der Waals surface area contributed by atoms with Gasteiger partial charge in [0.05, 0.1) is 11.6 Å². The van der Waals surface area contributed by atoms with Gasteiger partial charge >= 0.3 is 5.97 Å². The Bertz CT molecular complexity index is 1260. The van der Waals surface area contributed by atoms with Crippen molar-refractivity contribution in [3.8, 4) is 11.5 Å². The van der Waals surface area contributed by atoms with Gasteiger partial charge in [0.1, 0.15) is 12.4 Å². The van der Waals surface area contributed by atoms with Gasteiger partial charge in [0, 0.05) is 10.0 Å². The van der Waals surface area contributed by atoms with Gasteiger partial charge in [0.2, 0.25) is 5.90 Å². The van der Waals surface area contributed by atoms with Crippen LogP contribution in [0.25, 0.3) is 6.08 Å². The Labute approximate surface area is 203 Å². The summed E-state index contributed by atoms with van der Waals surface area (Å²) in [6.07, 6.45) is 1.53. The molecule has 3 aromatic carbocycles. The number of ether oxygens (including phenoxy) is 3. The number of aliphatic imine (C=N–C) groups is 1. The Kier molecular flexibility index (Phi) is 7.11. The monoisotopic (exact) mass is 529 g/mol. The number of rotatable bonds is 7. The second-order valence-corrected chi connectivity index (χ2v) is 8.35. The zero-order chi connectivity index (χ0) is 23.4. The average Bonchev–Trinajstić information content (AvgIpc) is 3.15. The summed E-state index contributed by atoms with van der Waals surface area (Å²) in [5, 5.41) is 0.325. The van der Waals surface area contributed by atoms with E-state index >= 15 is 0 Å². The van der Waals surface area contributed by atoms with Crippen LogP contribution in [0.5, 0.6) is 11.5 Å². The molecule has 0 amide bonds. The number of hydrogen-bond acceptors (Lipinski definition) is 5. The largest absolute Gasteiger partial charge is 0.490 e. The molecule has 3 aromatic rings. The normalized spacial score (nSPS) is 14.2. The Morgan fingerprint density at radius 1 is 1.12 bits per heavy atom. The minimum absolute atomic E-state index is 0.0383. The van der Waals surface area contributed by atoms with Crippen LogP contribution in [0.2, 0.25) is 5.02 Å². The highest BCUT2D eigenvalue weighted by atomic mass is 79.9. The second kappa shape index (κ2) is 10.2. The van der Waals surface area contributed by atoms with Crippen molar-refractivity contribution in [2.45, 2.75) is 13.5 Å². The summed E-state index contributed by atoms with van der Waals surface area (Å²) >= 11 is 9.90. The quantitative estimate of drug-likeness (QED) is 0.256. The number of nitrogens with zero attached hydrogens (tertiary/aromatic N) is 1. The lowest BCUT2D eigenvalue weighted by Gasteiger charge is -2.14. The van der Waals surface area contributed by atoms with Gasteiger partial charge in [-0.2, -0.15) is 0 Å². The van der Waals surface area contributed by atoms with Gasteiger partial charge in [-0.25, -0.2) is 14.2 Å². The molecule has 1 aliphatic heterocycles. The lowest BCUT2D eigenvalue weighted by molar-refractivity contribution is -0.129. The number of halogens is 3. The standard InChI is InChI=1S/C25H18BrClFNO4/c1-2-31-22-12-16(10-20(27)23(22)32-14-15-6-8-18(26)9-7-15)11-21-25(30)33-24(29-21)17-4-3-5-19(28)13-17/h3-13H,2,14H2,1H3/b21-11-. The highest BCUT2D eigenvalue weighted by molar-refractivity contribution is 9.10. The van der Waals surface area contributed by atoms with Crippen molar-refractivity contribution in [2.75, 3.05) is 6.61 Å². The van der Waals surface area contributed by atoms with Gasteiger partial charge in [-0.05, 0) is 66.6 Å². The van der Waals surface area contributed by atoms with E-state index in [4.69, 9.17) is 25.8 Å². The molecule has 4 rings (SSSR count). The number of benzene rings is 3. The predicted molar refractivity (Wildman–Crippen MR) is 128 cm³/mol. The molecule has 0 saturated heterocycles. The van der Waals surface area contributed by atoms with Gasteiger partial charge in [0.15, 0.2) is 17.2 Å². The molecule has 0 aromatic heterocycles. The van der Waals surface area contributed by atoms with Crippen LogP contribution in [0, 0.1) is 5.82 Å². The SMILES string of the molecule is CCOc1cc(/C=C2\N=C(c3cccc(F)c3)OC2=O)cc(Cl)c1OCc1ccc(Br)cc1. The Balaban J connectivity index is 1.61. The molecule has 0 atom stereocenters.